The summed E-state index contributed by atoms with van der Waals surface area (Å²) in [6, 6.07) is 0.568. The van der Waals surface area contributed by atoms with Gasteiger partial charge in [0, 0.05) is 24.7 Å². The molecular formula is C17H34N2O. The van der Waals surface area contributed by atoms with Crippen LogP contribution in [0.4, 0.5) is 0 Å². The molecule has 2 aliphatic rings. The molecule has 1 saturated heterocycles. The lowest BCUT2D eigenvalue weighted by atomic mass is 9.66. The molecule has 0 amide bonds. The maximum Gasteiger partial charge on any atom is 0.0622 e. The molecule has 3 heteroatoms. The molecule has 2 fully saturated rings. The van der Waals surface area contributed by atoms with Crippen molar-refractivity contribution >= 4 is 0 Å². The van der Waals surface area contributed by atoms with E-state index in [1.807, 2.05) is 0 Å². The Bertz CT molecular complexity index is 303. The summed E-state index contributed by atoms with van der Waals surface area (Å²) in [7, 11) is 0. The predicted molar refractivity (Wildman–Crippen MR) is 84.8 cm³/mol. The molecule has 0 radical (unpaired) electrons. The molecule has 1 aliphatic heterocycles. The first-order valence-corrected chi connectivity index (χ1v) is 8.47. The van der Waals surface area contributed by atoms with E-state index in [1.54, 1.807) is 0 Å². The smallest absolute Gasteiger partial charge is 0.0622 e. The highest BCUT2D eigenvalue weighted by molar-refractivity contribution is 5.00. The first-order chi connectivity index (χ1) is 9.43. The highest BCUT2D eigenvalue weighted by atomic mass is 16.5. The number of ether oxygens (including phenoxy) is 1. The SMILES string of the molecule is CCC1COCCN1C1(CN)CCC(C(C)(C)C)CC1. The molecule has 1 saturated carbocycles. The van der Waals surface area contributed by atoms with Gasteiger partial charge in [-0.05, 0) is 43.4 Å². The largest absolute Gasteiger partial charge is 0.378 e. The van der Waals surface area contributed by atoms with E-state index in [2.05, 4.69) is 32.6 Å². The first-order valence-electron chi connectivity index (χ1n) is 8.47. The van der Waals surface area contributed by atoms with Crippen molar-refractivity contribution in [3.63, 3.8) is 0 Å². The zero-order valence-electron chi connectivity index (χ0n) is 14.0. The van der Waals surface area contributed by atoms with E-state index in [0.717, 1.165) is 32.2 Å². The van der Waals surface area contributed by atoms with Crippen LogP contribution in [0.2, 0.25) is 0 Å². The van der Waals surface area contributed by atoms with Crippen molar-refractivity contribution < 1.29 is 4.74 Å². The van der Waals surface area contributed by atoms with Crippen molar-refractivity contribution in [2.45, 2.75) is 71.4 Å². The fraction of sp³-hybridized carbons (Fsp3) is 1.00. The number of nitrogens with zero attached hydrogens (tertiary/aromatic N) is 1. The van der Waals surface area contributed by atoms with Gasteiger partial charge in [-0.1, -0.05) is 27.7 Å². The highest BCUT2D eigenvalue weighted by Gasteiger charge is 2.44. The normalized spacial score (nSPS) is 37.0. The number of rotatable bonds is 3. The maximum atomic E-state index is 6.26. The number of nitrogens with two attached hydrogens (primary N) is 1. The molecule has 118 valence electrons. The van der Waals surface area contributed by atoms with Crippen LogP contribution in [0.3, 0.4) is 0 Å². The molecule has 0 aromatic heterocycles. The molecule has 1 heterocycles. The van der Waals surface area contributed by atoms with Crippen molar-refractivity contribution in [3.8, 4) is 0 Å². The quantitative estimate of drug-likeness (QED) is 0.864. The van der Waals surface area contributed by atoms with Crippen LogP contribution in [0.5, 0.6) is 0 Å². The molecule has 1 atom stereocenters. The van der Waals surface area contributed by atoms with Crippen LogP contribution in [-0.2, 0) is 4.74 Å². The van der Waals surface area contributed by atoms with E-state index in [0.29, 0.717) is 11.5 Å². The zero-order valence-corrected chi connectivity index (χ0v) is 14.0. The van der Waals surface area contributed by atoms with Gasteiger partial charge in [-0.2, -0.15) is 0 Å². The summed E-state index contributed by atoms with van der Waals surface area (Å²) in [4.78, 5) is 2.70. The van der Waals surface area contributed by atoms with Crippen molar-refractivity contribution in [1.29, 1.82) is 0 Å². The van der Waals surface area contributed by atoms with Crippen LogP contribution >= 0.6 is 0 Å². The Balaban J connectivity index is 2.07. The molecule has 2 N–H and O–H groups in total. The Morgan fingerprint density at radius 3 is 2.40 bits per heavy atom. The first kappa shape index (κ1) is 16.3. The van der Waals surface area contributed by atoms with Crippen LogP contribution in [0.15, 0.2) is 0 Å². The summed E-state index contributed by atoms with van der Waals surface area (Å²) in [5.74, 6) is 0.850. The van der Waals surface area contributed by atoms with E-state index in [-0.39, 0.29) is 5.54 Å². The molecule has 2 rings (SSSR count). The minimum absolute atomic E-state index is 0.242. The summed E-state index contributed by atoms with van der Waals surface area (Å²) in [5, 5.41) is 0. The molecule has 0 aromatic carbocycles. The Kier molecular flexibility index (Phi) is 5.14. The molecule has 3 nitrogen and oxygen atoms in total. The molecule has 0 aromatic rings. The topological polar surface area (TPSA) is 38.5 Å². The summed E-state index contributed by atoms with van der Waals surface area (Å²) < 4.78 is 5.68. The molecule has 20 heavy (non-hydrogen) atoms. The van der Waals surface area contributed by atoms with Crippen LogP contribution in [0, 0.1) is 11.3 Å². The summed E-state index contributed by atoms with van der Waals surface area (Å²) >= 11 is 0. The molecule has 0 spiro atoms. The Morgan fingerprint density at radius 1 is 1.25 bits per heavy atom. The number of hydrogen-bond donors (Lipinski definition) is 1. The van der Waals surface area contributed by atoms with E-state index in [9.17, 15) is 0 Å². The van der Waals surface area contributed by atoms with Crippen molar-refractivity contribution in [1.82, 2.24) is 4.90 Å². The van der Waals surface area contributed by atoms with Gasteiger partial charge < -0.3 is 10.5 Å². The Morgan fingerprint density at radius 2 is 1.90 bits per heavy atom. The average Bonchev–Trinajstić information content (AvgIpc) is 2.46. The monoisotopic (exact) mass is 282 g/mol. The minimum atomic E-state index is 0.242. The zero-order chi connectivity index (χ0) is 14.8. The van der Waals surface area contributed by atoms with Crippen molar-refractivity contribution in [2.24, 2.45) is 17.1 Å². The molecule has 1 unspecified atom stereocenters. The second-order valence-electron chi connectivity index (χ2n) is 7.90. The standard InChI is InChI=1S/C17H34N2O/c1-5-15-12-20-11-10-19(15)17(13-18)8-6-14(7-9-17)16(2,3)4/h14-15H,5-13,18H2,1-4H3. The van der Waals surface area contributed by atoms with E-state index < -0.39 is 0 Å². The van der Waals surface area contributed by atoms with E-state index in [1.165, 1.54) is 32.1 Å². The van der Waals surface area contributed by atoms with Gasteiger partial charge >= 0.3 is 0 Å². The average molecular weight is 282 g/mol. The third-order valence-electron chi connectivity index (χ3n) is 5.83. The lowest BCUT2D eigenvalue weighted by Gasteiger charge is -2.53. The van der Waals surface area contributed by atoms with Gasteiger partial charge in [0.1, 0.15) is 0 Å². The highest BCUT2D eigenvalue weighted by Crippen LogP contribution is 2.44. The third kappa shape index (κ3) is 3.20. The number of hydrogen-bond acceptors (Lipinski definition) is 3. The summed E-state index contributed by atoms with van der Waals surface area (Å²) in [6.45, 7) is 13.1. The van der Waals surface area contributed by atoms with E-state index in [4.69, 9.17) is 10.5 Å². The van der Waals surface area contributed by atoms with Gasteiger partial charge in [-0.15, -0.1) is 0 Å². The lowest BCUT2D eigenvalue weighted by Crippen LogP contribution is -2.63. The second kappa shape index (κ2) is 6.33. The van der Waals surface area contributed by atoms with Gasteiger partial charge in [0.25, 0.3) is 0 Å². The Labute approximate surface area is 125 Å². The number of morpholine rings is 1. The second-order valence-corrected chi connectivity index (χ2v) is 7.90. The minimum Gasteiger partial charge on any atom is -0.378 e. The predicted octanol–water partition coefficient (Wildman–Crippen LogP) is 3.03. The fourth-order valence-corrected chi connectivity index (χ4v) is 4.25. The van der Waals surface area contributed by atoms with Gasteiger partial charge in [0.2, 0.25) is 0 Å². The Hall–Kier alpha value is -0.120. The van der Waals surface area contributed by atoms with Gasteiger partial charge in [-0.25, -0.2) is 0 Å². The van der Waals surface area contributed by atoms with Crippen LogP contribution in [0.1, 0.15) is 59.8 Å². The van der Waals surface area contributed by atoms with Crippen LogP contribution in [-0.4, -0.2) is 42.8 Å². The molecular weight excluding hydrogens is 248 g/mol. The van der Waals surface area contributed by atoms with Crippen LogP contribution < -0.4 is 5.73 Å². The van der Waals surface area contributed by atoms with Gasteiger partial charge in [-0.3, -0.25) is 4.90 Å². The summed E-state index contributed by atoms with van der Waals surface area (Å²) in [5.41, 5.74) is 6.94. The maximum absolute atomic E-state index is 6.26. The van der Waals surface area contributed by atoms with Gasteiger partial charge in [0.15, 0.2) is 0 Å². The van der Waals surface area contributed by atoms with Crippen LogP contribution in [0.25, 0.3) is 0 Å². The van der Waals surface area contributed by atoms with E-state index >= 15 is 0 Å². The van der Waals surface area contributed by atoms with Gasteiger partial charge in [0.05, 0.1) is 13.2 Å². The molecule has 0 bridgehead atoms. The fourth-order valence-electron chi connectivity index (χ4n) is 4.25. The summed E-state index contributed by atoms with van der Waals surface area (Å²) in [6.07, 6.45) is 6.36. The third-order valence-corrected chi connectivity index (χ3v) is 5.83. The van der Waals surface area contributed by atoms with Crippen molar-refractivity contribution in [3.05, 3.63) is 0 Å². The lowest BCUT2D eigenvalue weighted by molar-refractivity contribution is -0.0837. The molecule has 1 aliphatic carbocycles. The van der Waals surface area contributed by atoms with Crippen molar-refractivity contribution in [2.75, 3.05) is 26.3 Å².